The first kappa shape index (κ1) is 12.4. The fourth-order valence-corrected chi connectivity index (χ4v) is 1.64. The van der Waals surface area contributed by atoms with E-state index in [0.717, 1.165) is 5.56 Å². The van der Waals surface area contributed by atoms with Gasteiger partial charge in [0.1, 0.15) is 17.3 Å². The molecule has 2 rings (SSSR count). The Bertz CT molecular complexity index is 523. The van der Waals surface area contributed by atoms with Crippen molar-refractivity contribution in [1.82, 2.24) is 0 Å². The summed E-state index contributed by atoms with van der Waals surface area (Å²) in [6, 6.07) is 11.5. The molecule has 2 aromatic rings. The molecule has 2 N–H and O–H groups in total. The van der Waals surface area contributed by atoms with Gasteiger partial charge in [0, 0.05) is 24.9 Å². The van der Waals surface area contributed by atoms with Crippen molar-refractivity contribution in [2.24, 2.45) is 0 Å². The molecule has 0 saturated carbocycles. The Balaban J connectivity index is 2.20. The van der Waals surface area contributed by atoms with Gasteiger partial charge in [-0.2, -0.15) is 0 Å². The summed E-state index contributed by atoms with van der Waals surface area (Å²) in [6.45, 7) is 0.502. The van der Waals surface area contributed by atoms with Gasteiger partial charge >= 0.3 is 0 Å². The summed E-state index contributed by atoms with van der Waals surface area (Å²) in [6.07, 6.45) is 0. The standard InChI is InChI=1S/C14H14FNO2/c1-17-9-10-3-2-4-13(5-10)18-14-7-11(15)6-12(16)8-14/h2-8H,9,16H2,1H3. The SMILES string of the molecule is COCc1cccc(Oc2cc(N)cc(F)c2)c1. The maximum Gasteiger partial charge on any atom is 0.132 e. The molecule has 0 bridgehead atoms. The zero-order valence-corrected chi connectivity index (χ0v) is 10.0. The number of methoxy groups -OCH3 is 1. The Morgan fingerprint density at radius 3 is 2.67 bits per heavy atom. The molecule has 0 fully saturated rings. The van der Waals surface area contributed by atoms with Gasteiger partial charge in [-0.05, 0) is 23.8 Å². The fourth-order valence-electron chi connectivity index (χ4n) is 1.64. The second kappa shape index (κ2) is 5.51. The van der Waals surface area contributed by atoms with E-state index in [0.29, 0.717) is 23.8 Å². The van der Waals surface area contributed by atoms with E-state index < -0.39 is 5.82 Å². The van der Waals surface area contributed by atoms with E-state index in [1.165, 1.54) is 12.1 Å². The second-order valence-corrected chi connectivity index (χ2v) is 3.90. The normalized spacial score (nSPS) is 10.3. The van der Waals surface area contributed by atoms with Crippen LogP contribution in [0, 0.1) is 5.82 Å². The average molecular weight is 247 g/mol. The molecule has 0 atom stereocenters. The van der Waals surface area contributed by atoms with Crippen LogP contribution in [0.5, 0.6) is 11.5 Å². The van der Waals surface area contributed by atoms with Crippen molar-refractivity contribution in [3.63, 3.8) is 0 Å². The number of ether oxygens (including phenoxy) is 2. The number of nitrogen functional groups attached to an aromatic ring is 1. The highest BCUT2D eigenvalue weighted by Crippen LogP contribution is 2.25. The summed E-state index contributed by atoms with van der Waals surface area (Å²) < 4.78 is 23.7. The van der Waals surface area contributed by atoms with Crippen LogP contribution in [0.4, 0.5) is 10.1 Å². The number of rotatable bonds is 4. The van der Waals surface area contributed by atoms with Crippen molar-refractivity contribution in [2.75, 3.05) is 12.8 Å². The molecule has 0 aliphatic heterocycles. The smallest absolute Gasteiger partial charge is 0.132 e. The summed E-state index contributed by atoms with van der Waals surface area (Å²) in [4.78, 5) is 0. The molecule has 0 aliphatic carbocycles. The third-order valence-corrected chi connectivity index (χ3v) is 2.34. The molecular weight excluding hydrogens is 233 g/mol. The van der Waals surface area contributed by atoms with E-state index in [1.807, 2.05) is 18.2 Å². The molecule has 18 heavy (non-hydrogen) atoms. The van der Waals surface area contributed by atoms with Gasteiger partial charge in [0.15, 0.2) is 0 Å². The lowest BCUT2D eigenvalue weighted by Gasteiger charge is -2.08. The molecule has 0 heterocycles. The van der Waals surface area contributed by atoms with Crippen LogP contribution < -0.4 is 10.5 Å². The summed E-state index contributed by atoms with van der Waals surface area (Å²) in [5.74, 6) is 0.578. The largest absolute Gasteiger partial charge is 0.457 e. The van der Waals surface area contributed by atoms with Gasteiger partial charge in [0.2, 0.25) is 0 Å². The topological polar surface area (TPSA) is 44.5 Å². The lowest BCUT2D eigenvalue weighted by atomic mass is 10.2. The van der Waals surface area contributed by atoms with E-state index in [-0.39, 0.29) is 0 Å². The van der Waals surface area contributed by atoms with Crippen LogP contribution >= 0.6 is 0 Å². The molecule has 0 saturated heterocycles. The van der Waals surface area contributed by atoms with Crippen LogP contribution in [0.1, 0.15) is 5.56 Å². The zero-order valence-electron chi connectivity index (χ0n) is 10.0. The van der Waals surface area contributed by atoms with Gasteiger partial charge in [0.05, 0.1) is 6.61 Å². The number of anilines is 1. The number of halogens is 1. The predicted molar refractivity (Wildman–Crippen MR) is 68.0 cm³/mol. The highest BCUT2D eigenvalue weighted by atomic mass is 19.1. The quantitative estimate of drug-likeness (QED) is 0.843. The Kier molecular flexibility index (Phi) is 3.79. The lowest BCUT2D eigenvalue weighted by molar-refractivity contribution is 0.184. The van der Waals surface area contributed by atoms with Crippen molar-refractivity contribution < 1.29 is 13.9 Å². The van der Waals surface area contributed by atoms with Gasteiger partial charge in [0.25, 0.3) is 0 Å². The first-order valence-corrected chi connectivity index (χ1v) is 5.49. The molecule has 0 unspecified atom stereocenters. The van der Waals surface area contributed by atoms with Gasteiger partial charge in [-0.15, -0.1) is 0 Å². The van der Waals surface area contributed by atoms with Crippen molar-refractivity contribution >= 4 is 5.69 Å². The number of nitrogens with two attached hydrogens (primary N) is 1. The molecule has 0 spiro atoms. The summed E-state index contributed by atoms with van der Waals surface area (Å²) in [5.41, 5.74) is 6.87. The lowest BCUT2D eigenvalue weighted by Crippen LogP contribution is -1.92. The molecule has 94 valence electrons. The van der Waals surface area contributed by atoms with Crippen LogP contribution in [0.15, 0.2) is 42.5 Å². The summed E-state index contributed by atoms with van der Waals surface area (Å²) in [5, 5.41) is 0. The van der Waals surface area contributed by atoms with E-state index in [2.05, 4.69) is 0 Å². The Morgan fingerprint density at radius 1 is 1.11 bits per heavy atom. The summed E-state index contributed by atoms with van der Waals surface area (Å²) in [7, 11) is 1.63. The van der Waals surface area contributed by atoms with Gasteiger partial charge in [-0.1, -0.05) is 12.1 Å². The van der Waals surface area contributed by atoms with Gasteiger partial charge < -0.3 is 15.2 Å². The van der Waals surface area contributed by atoms with Crippen molar-refractivity contribution in [3.8, 4) is 11.5 Å². The number of hydrogen-bond donors (Lipinski definition) is 1. The van der Waals surface area contributed by atoms with Crippen molar-refractivity contribution in [3.05, 3.63) is 53.8 Å². The first-order valence-electron chi connectivity index (χ1n) is 5.49. The first-order chi connectivity index (χ1) is 8.67. The zero-order chi connectivity index (χ0) is 13.0. The minimum absolute atomic E-state index is 0.332. The van der Waals surface area contributed by atoms with Gasteiger partial charge in [-0.25, -0.2) is 4.39 Å². The molecule has 0 amide bonds. The second-order valence-electron chi connectivity index (χ2n) is 3.90. The Hall–Kier alpha value is -2.07. The van der Waals surface area contributed by atoms with Crippen LogP contribution in [-0.2, 0) is 11.3 Å². The molecule has 4 heteroatoms. The van der Waals surface area contributed by atoms with Crippen LogP contribution in [0.2, 0.25) is 0 Å². The Labute approximate surface area is 105 Å². The predicted octanol–water partition coefficient (Wildman–Crippen LogP) is 3.35. The van der Waals surface area contributed by atoms with Crippen LogP contribution in [-0.4, -0.2) is 7.11 Å². The van der Waals surface area contributed by atoms with E-state index in [4.69, 9.17) is 15.2 Å². The van der Waals surface area contributed by atoms with E-state index >= 15 is 0 Å². The molecule has 3 nitrogen and oxygen atoms in total. The molecule has 0 radical (unpaired) electrons. The highest BCUT2D eigenvalue weighted by molar-refractivity contribution is 5.46. The Morgan fingerprint density at radius 2 is 1.94 bits per heavy atom. The molecule has 0 aliphatic rings. The monoisotopic (exact) mass is 247 g/mol. The van der Waals surface area contributed by atoms with E-state index in [9.17, 15) is 4.39 Å². The minimum atomic E-state index is -0.418. The highest BCUT2D eigenvalue weighted by Gasteiger charge is 2.02. The van der Waals surface area contributed by atoms with Crippen LogP contribution in [0.3, 0.4) is 0 Å². The van der Waals surface area contributed by atoms with Crippen molar-refractivity contribution in [2.45, 2.75) is 6.61 Å². The van der Waals surface area contributed by atoms with E-state index in [1.54, 1.807) is 19.2 Å². The fraction of sp³-hybridized carbons (Fsp3) is 0.143. The molecular formula is C14H14FNO2. The number of hydrogen-bond acceptors (Lipinski definition) is 3. The van der Waals surface area contributed by atoms with Crippen LogP contribution in [0.25, 0.3) is 0 Å². The third kappa shape index (κ3) is 3.21. The summed E-state index contributed by atoms with van der Waals surface area (Å²) >= 11 is 0. The maximum absolute atomic E-state index is 13.2. The number of benzene rings is 2. The van der Waals surface area contributed by atoms with Gasteiger partial charge in [-0.3, -0.25) is 0 Å². The minimum Gasteiger partial charge on any atom is -0.457 e. The molecule has 2 aromatic carbocycles. The molecule has 0 aromatic heterocycles. The van der Waals surface area contributed by atoms with Crippen molar-refractivity contribution in [1.29, 1.82) is 0 Å². The average Bonchev–Trinajstić information content (AvgIpc) is 2.28. The maximum atomic E-state index is 13.2. The third-order valence-electron chi connectivity index (χ3n) is 2.34.